The number of benzene rings is 1. The molecule has 4 atom stereocenters. The lowest BCUT2D eigenvalue weighted by molar-refractivity contribution is -0.142. The first-order chi connectivity index (χ1) is 17.7. The number of nitrogens with zero attached hydrogens (tertiary/aromatic N) is 1. The number of para-hydroxylation sites is 1. The lowest BCUT2D eigenvalue weighted by Gasteiger charge is -2.23. The molecular weight excluding hydrogens is 518 g/mol. The second kappa shape index (κ2) is 13.2. The van der Waals surface area contributed by atoms with Crippen LogP contribution in [-0.2, 0) is 32.0 Å². The Kier molecular flexibility index (Phi) is 10.00. The molecule has 0 saturated carbocycles. The van der Waals surface area contributed by atoms with E-state index >= 15 is 0 Å². The van der Waals surface area contributed by atoms with Crippen molar-refractivity contribution in [3.05, 3.63) is 54.2 Å². The first-order valence-electron chi connectivity index (χ1n) is 11.4. The van der Waals surface area contributed by atoms with Gasteiger partial charge in [0.25, 0.3) is 0 Å². The van der Waals surface area contributed by atoms with E-state index in [1.54, 1.807) is 6.20 Å². The number of aromatic amines is 2. The van der Waals surface area contributed by atoms with Crippen LogP contribution < -0.4 is 21.7 Å². The van der Waals surface area contributed by atoms with Crippen LogP contribution in [0.5, 0.6) is 0 Å². The van der Waals surface area contributed by atoms with Gasteiger partial charge in [-0.05, 0) is 11.6 Å². The van der Waals surface area contributed by atoms with Gasteiger partial charge in [0.2, 0.25) is 17.7 Å². The fourth-order valence-corrected chi connectivity index (χ4v) is 4.17. The standard InChI is InChI=1S/C23H29N7O5S2/c24-15(6-13-8-25-11-27-13)20(31)29-18(9-36)22(33)30-19(10-37)21(32)28-17(23(34)35)5-12-7-26-16-4-2-1-3-14(12)16/h1-4,7-8,11,15,17-19,26,36-37H,5-6,9-10,24H2,(H,25,27)(H,28,32)(H,29,31)(H,30,33)(H,34,35). The van der Waals surface area contributed by atoms with Crippen LogP contribution in [-0.4, -0.2) is 79.4 Å². The fraction of sp³-hybridized carbons (Fsp3) is 0.348. The summed E-state index contributed by atoms with van der Waals surface area (Å²) in [6, 6.07) is 2.98. The van der Waals surface area contributed by atoms with Crippen molar-refractivity contribution < 1.29 is 24.3 Å². The maximum absolute atomic E-state index is 12.9. The van der Waals surface area contributed by atoms with Gasteiger partial charge in [0.05, 0.1) is 12.4 Å². The van der Waals surface area contributed by atoms with Gasteiger partial charge >= 0.3 is 5.97 Å². The van der Waals surface area contributed by atoms with E-state index in [9.17, 15) is 24.3 Å². The van der Waals surface area contributed by atoms with Crippen molar-refractivity contribution in [3.8, 4) is 0 Å². The summed E-state index contributed by atoms with van der Waals surface area (Å²) < 4.78 is 0. The quantitative estimate of drug-likeness (QED) is 0.127. The predicted octanol–water partition coefficient (Wildman–Crippen LogP) is -0.598. The number of carbonyl (C=O) groups is 4. The summed E-state index contributed by atoms with van der Waals surface area (Å²) in [6.45, 7) is 0. The average molecular weight is 548 g/mol. The van der Waals surface area contributed by atoms with Crippen LogP contribution in [0.1, 0.15) is 11.3 Å². The Morgan fingerprint density at radius 1 is 0.919 bits per heavy atom. The summed E-state index contributed by atoms with van der Waals surface area (Å²) in [7, 11) is 0. The smallest absolute Gasteiger partial charge is 0.326 e. The predicted molar refractivity (Wildman–Crippen MR) is 143 cm³/mol. The van der Waals surface area contributed by atoms with Gasteiger partial charge in [-0.25, -0.2) is 9.78 Å². The van der Waals surface area contributed by atoms with E-state index in [4.69, 9.17) is 5.73 Å². The molecule has 2 heterocycles. The van der Waals surface area contributed by atoms with Crippen LogP contribution in [0.2, 0.25) is 0 Å². The molecule has 37 heavy (non-hydrogen) atoms. The Hall–Kier alpha value is -3.49. The van der Waals surface area contributed by atoms with Crippen molar-refractivity contribution in [2.45, 2.75) is 37.0 Å². The van der Waals surface area contributed by atoms with E-state index in [0.717, 1.165) is 16.5 Å². The molecule has 8 N–H and O–H groups in total. The minimum Gasteiger partial charge on any atom is -0.480 e. The van der Waals surface area contributed by atoms with Gasteiger partial charge in [-0.1, -0.05) is 18.2 Å². The number of amides is 3. The van der Waals surface area contributed by atoms with Gasteiger partial charge in [0.15, 0.2) is 0 Å². The molecule has 12 nitrogen and oxygen atoms in total. The third-order valence-corrected chi connectivity index (χ3v) is 6.41. The van der Waals surface area contributed by atoms with Crippen molar-refractivity contribution in [2.24, 2.45) is 5.73 Å². The van der Waals surface area contributed by atoms with Crippen LogP contribution in [0.4, 0.5) is 0 Å². The third-order valence-electron chi connectivity index (χ3n) is 5.68. The number of aliphatic carboxylic acids is 1. The molecule has 3 amide bonds. The minimum absolute atomic E-state index is 0.0296. The Bertz CT molecular complexity index is 1230. The molecule has 3 rings (SSSR count). The van der Waals surface area contributed by atoms with Gasteiger partial charge < -0.3 is 36.8 Å². The Labute approximate surface area is 223 Å². The fourth-order valence-electron chi connectivity index (χ4n) is 3.66. The van der Waals surface area contributed by atoms with E-state index in [2.05, 4.69) is 56.2 Å². The number of nitrogens with one attached hydrogen (secondary N) is 5. The van der Waals surface area contributed by atoms with Crippen molar-refractivity contribution in [2.75, 3.05) is 11.5 Å². The zero-order valence-electron chi connectivity index (χ0n) is 19.7. The Balaban J connectivity index is 1.59. The normalized spacial score (nSPS) is 14.4. The highest BCUT2D eigenvalue weighted by Gasteiger charge is 2.29. The number of thiol groups is 2. The van der Waals surface area contributed by atoms with Gasteiger partial charge in [0, 0.05) is 53.3 Å². The molecule has 0 bridgehead atoms. The molecule has 0 aliphatic carbocycles. The molecule has 0 spiro atoms. The topological polar surface area (TPSA) is 195 Å². The van der Waals surface area contributed by atoms with Crippen molar-refractivity contribution in [3.63, 3.8) is 0 Å². The van der Waals surface area contributed by atoms with Crippen LogP contribution >= 0.6 is 25.3 Å². The molecule has 0 saturated heterocycles. The number of aromatic nitrogens is 3. The molecule has 1 aromatic carbocycles. The summed E-state index contributed by atoms with van der Waals surface area (Å²) in [5.41, 5.74) is 8.13. The minimum atomic E-state index is -1.24. The number of fused-ring (bicyclic) bond motifs is 1. The summed E-state index contributed by atoms with van der Waals surface area (Å²) >= 11 is 8.25. The highest BCUT2D eigenvalue weighted by atomic mass is 32.1. The molecule has 0 aliphatic rings. The first-order valence-corrected chi connectivity index (χ1v) is 12.6. The number of hydrogen-bond acceptors (Lipinski definition) is 8. The first kappa shape index (κ1) is 28.1. The Morgan fingerprint density at radius 2 is 1.54 bits per heavy atom. The molecule has 14 heteroatoms. The van der Waals surface area contributed by atoms with Crippen LogP contribution in [0.25, 0.3) is 10.9 Å². The number of H-pyrrole nitrogens is 2. The largest absolute Gasteiger partial charge is 0.480 e. The van der Waals surface area contributed by atoms with Gasteiger partial charge in [0.1, 0.15) is 18.1 Å². The molecule has 0 radical (unpaired) electrons. The van der Waals surface area contributed by atoms with Gasteiger partial charge in [-0.15, -0.1) is 0 Å². The maximum Gasteiger partial charge on any atom is 0.326 e. The number of carboxylic acids is 1. The molecule has 4 unspecified atom stereocenters. The molecule has 0 aliphatic heterocycles. The summed E-state index contributed by atoms with van der Waals surface area (Å²) in [5.74, 6) is -3.39. The van der Waals surface area contributed by atoms with Crippen molar-refractivity contribution in [1.82, 2.24) is 30.9 Å². The second-order valence-corrected chi connectivity index (χ2v) is 9.07. The summed E-state index contributed by atoms with van der Waals surface area (Å²) in [4.78, 5) is 59.7. The lowest BCUT2D eigenvalue weighted by Crippen LogP contribution is -2.58. The monoisotopic (exact) mass is 547 g/mol. The number of nitrogens with two attached hydrogens (primary N) is 1. The summed E-state index contributed by atoms with van der Waals surface area (Å²) in [5, 5.41) is 18.0. The molecule has 198 valence electrons. The lowest BCUT2D eigenvalue weighted by atomic mass is 10.0. The maximum atomic E-state index is 12.9. The van der Waals surface area contributed by atoms with Gasteiger partial charge in [-0.2, -0.15) is 25.3 Å². The van der Waals surface area contributed by atoms with Gasteiger partial charge in [-0.3, -0.25) is 14.4 Å². The SMILES string of the molecule is NC(Cc1cnc[nH]1)C(=O)NC(CS)C(=O)NC(CS)C(=O)NC(Cc1c[nH]c2ccccc12)C(=O)O. The third kappa shape index (κ3) is 7.50. The number of hydrogen-bond donors (Lipinski definition) is 9. The zero-order valence-corrected chi connectivity index (χ0v) is 21.5. The number of carbonyl (C=O) groups excluding carboxylic acids is 3. The molecule has 3 aromatic rings. The van der Waals surface area contributed by atoms with Crippen molar-refractivity contribution >= 4 is 59.9 Å². The van der Waals surface area contributed by atoms with E-state index in [0.29, 0.717) is 5.69 Å². The number of imidazole rings is 1. The molecule has 2 aromatic heterocycles. The van der Waals surface area contributed by atoms with E-state index in [1.807, 2.05) is 24.3 Å². The van der Waals surface area contributed by atoms with Crippen molar-refractivity contribution in [1.29, 1.82) is 0 Å². The van der Waals surface area contributed by atoms with Crippen LogP contribution in [0, 0.1) is 0 Å². The number of carboxylic acid groups (broad SMARTS) is 1. The summed E-state index contributed by atoms with van der Waals surface area (Å²) in [6.07, 6.45) is 4.90. The Morgan fingerprint density at radius 3 is 2.14 bits per heavy atom. The second-order valence-electron chi connectivity index (χ2n) is 8.34. The van der Waals surface area contributed by atoms with E-state index in [1.165, 1.54) is 12.5 Å². The van der Waals surface area contributed by atoms with E-state index in [-0.39, 0.29) is 24.3 Å². The van der Waals surface area contributed by atoms with Crippen LogP contribution in [0.15, 0.2) is 43.0 Å². The molecular formula is C23H29N7O5S2. The number of rotatable bonds is 13. The van der Waals surface area contributed by atoms with Crippen LogP contribution in [0.3, 0.4) is 0 Å². The zero-order chi connectivity index (χ0) is 26.9. The van der Waals surface area contributed by atoms with E-state index < -0.39 is 47.9 Å². The molecule has 0 fully saturated rings. The average Bonchev–Trinajstić information content (AvgIpc) is 3.54. The highest BCUT2D eigenvalue weighted by molar-refractivity contribution is 7.80. The highest BCUT2D eigenvalue weighted by Crippen LogP contribution is 2.19.